The Bertz CT molecular complexity index is 958. The number of halogens is 3. The van der Waals surface area contributed by atoms with E-state index in [1.54, 1.807) is 12.3 Å². The molecule has 0 bridgehead atoms. The van der Waals surface area contributed by atoms with Crippen molar-refractivity contribution in [1.82, 2.24) is 10.3 Å². The van der Waals surface area contributed by atoms with E-state index in [0.29, 0.717) is 31.4 Å². The van der Waals surface area contributed by atoms with Crippen LogP contribution in [-0.4, -0.2) is 22.7 Å². The second-order valence-electron chi connectivity index (χ2n) is 8.89. The molecule has 0 spiro atoms. The Morgan fingerprint density at radius 3 is 2.22 bits per heavy atom. The standard InChI is InChI=1S/C25H27F3N2O2/c26-25(27,28)21-8-4-3-7-20(21)23(31)17-11-9-16(10-12-17)18-13-14-22(29-15-18)24(32)30-19-5-1-2-6-19/h3-4,7-8,13-17,19H,1-2,5-6,9-12H2,(H,30,32). The maximum atomic E-state index is 13.3. The van der Waals surface area contributed by atoms with Crippen molar-refractivity contribution < 1.29 is 22.8 Å². The van der Waals surface area contributed by atoms with Gasteiger partial charge in [-0.25, -0.2) is 0 Å². The van der Waals surface area contributed by atoms with Gasteiger partial charge in [-0.05, 0) is 62.1 Å². The van der Waals surface area contributed by atoms with E-state index >= 15 is 0 Å². The van der Waals surface area contributed by atoms with Gasteiger partial charge in [-0.2, -0.15) is 13.2 Å². The molecule has 2 aliphatic rings. The van der Waals surface area contributed by atoms with Gasteiger partial charge in [-0.15, -0.1) is 0 Å². The van der Waals surface area contributed by atoms with E-state index in [1.807, 2.05) is 6.07 Å². The predicted octanol–water partition coefficient (Wildman–Crippen LogP) is 5.93. The average molecular weight is 444 g/mol. The fraction of sp³-hybridized carbons (Fsp3) is 0.480. The first-order valence-corrected chi connectivity index (χ1v) is 11.3. The fourth-order valence-electron chi connectivity index (χ4n) is 4.96. The quantitative estimate of drug-likeness (QED) is 0.582. The van der Waals surface area contributed by atoms with Crippen LogP contribution in [0.1, 0.15) is 89.3 Å². The van der Waals surface area contributed by atoms with Crippen LogP contribution in [0.3, 0.4) is 0 Å². The number of amides is 1. The Labute approximate surface area is 185 Å². The molecule has 0 unspecified atom stereocenters. The van der Waals surface area contributed by atoms with Gasteiger partial charge in [0.25, 0.3) is 5.91 Å². The Hall–Kier alpha value is -2.70. The molecule has 0 saturated heterocycles. The topological polar surface area (TPSA) is 59.1 Å². The van der Waals surface area contributed by atoms with Crippen LogP contribution in [0.4, 0.5) is 13.2 Å². The van der Waals surface area contributed by atoms with Gasteiger partial charge in [0.15, 0.2) is 5.78 Å². The third-order valence-electron chi connectivity index (χ3n) is 6.78. The van der Waals surface area contributed by atoms with Crippen LogP contribution in [0.15, 0.2) is 42.6 Å². The minimum atomic E-state index is -4.54. The number of aromatic nitrogens is 1. The molecular formula is C25H27F3N2O2. The van der Waals surface area contributed by atoms with Crippen LogP contribution < -0.4 is 5.32 Å². The number of Topliss-reactive ketones (excluding diaryl/α,β-unsaturated/α-hetero) is 1. The zero-order chi connectivity index (χ0) is 22.7. The van der Waals surface area contributed by atoms with E-state index in [1.165, 1.54) is 18.2 Å². The van der Waals surface area contributed by atoms with Crippen LogP contribution >= 0.6 is 0 Å². The highest BCUT2D eigenvalue weighted by atomic mass is 19.4. The number of nitrogens with zero attached hydrogens (tertiary/aromatic N) is 1. The number of benzene rings is 1. The first kappa shape index (κ1) is 22.5. The van der Waals surface area contributed by atoms with Crippen LogP contribution in [0, 0.1) is 5.92 Å². The third-order valence-corrected chi connectivity index (χ3v) is 6.78. The number of hydrogen-bond donors (Lipinski definition) is 1. The molecule has 1 heterocycles. The zero-order valence-corrected chi connectivity index (χ0v) is 17.8. The summed E-state index contributed by atoms with van der Waals surface area (Å²) < 4.78 is 39.8. The lowest BCUT2D eigenvalue weighted by Crippen LogP contribution is -2.33. The summed E-state index contributed by atoms with van der Waals surface area (Å²) in [5.41, 5.74) is 0.308. The maximum absolute atomic E-state index is 13.3. The van der Waals surface area contributed by atoms with E-state index < -0.39 is 23.4 Å². The minimum absolute atomic E-state index is 0.152. The first-order chi connectivity index (χ1) is 15.3. The molecule has 2 saturated carbocycles. The molecule has 2 aromatic rings. The largest absolute Gasteiger partial charge is 0.417 e. The Kier molecular flexibility index (Phi) is 6.63. The number of carbonyl (C=O) groups is 2. The van der Waals surface area contributed by atoms with Crippen LogP contribution in [-0.2, 0) is 6.18 Å². The molecule has 32 heavy (non-hydrogen) atoms. The summed E-state index contributed by atoms with van der Waals surface area (Å²) in [6.45, 7) is 0. The highest BCUT2D eigenvalue weighted by Gasteiger charge is 2.37. The Morgan fingerprint density at radius 2 is 1.59 bits per heavy atom. The van der Waals surface area contributed by atoms with Crippen molar-refractivity contribution in [3.8, 4) is 0 Å². The highest BCUT2D eigenvalue weighted by molar-refractivity contribution is 5.99. The molecule has 7 heteroatoms. The molecular weight excluding hydrogens is 417 g/mol. The normalized spacial score (nSPS) is 22.0. The lowest BCUT2D eigenvalue weighted by molar-refractivity contribution is -0.138. The molecule has 1 aromatic carbocycles. The molecule has 2 fully saturated rings. The van der Waals surface area contributed by atoms with Crippen molar-refractivity contribution in [1.29, 1.82) is 0 Å². The number of nitrogens with one attached hydrogen (secondary N) is 1. The van der Waals surface area contributed by atoms with Gasteiger partial charge in [0.05, 0.1) is 5.56 Å². The van der Waals surface area contributed by atoms with E-state index in [2.05, 4.69) is 10.3 Å². The minimum Gasteiger partial charge on any atom is -0.348 e. The van der Waals surface area contributed by atoms with Crippen molar-refractivity contribution in [3.05, 3.63) is 65.0 Å². The van der Waals surface area contributed by atoms with Gasteiger partial charge in [0, 0.05) is 23.7 Å². The van der Waals surface area contributed by atoms with Crippen molar-refractivity contribution >= 4 is 11.7 Å². The van der Waals surface area contributed by atoms with Gasteiger partial charge in [-0.1, -0.05) is 37.1 Å². The van der Waals surface area contributed by atoms with Gasteiger partial charge >= 0.3 is 6.18 Å². The van der Waals surface area contributed by atoms with Gasteiger partial charge < -0.3 is 5.32 Å². The predicted molar refractivity (Wildman–Crippen MR) is 114 cm³/mol. The van der Waals surface area contributed by atoms with Crippen LogP contribution in [0.5, 0.6) is 0 Å². The van der Waals surface area contributed by atoms with Crippen LogP contribution in [0.25, 0.3) is 0 Å². The lowest BCUT2D eigenvalue weighted by atomic mass is 9.76. The smallest absolute Gasteiger partial charge is 0.348 e. The summed E-state index contributed by atoms with van der Waals surface area (Å²) in [7, 11) is 0. The van der Waals surface area contributed by atoms with Gasteiger partial charge in [-0.3, -0.25) is 14.6 Å². The molecule has 4 nitrogen and oxygen atoms in total. The van der Waals surface area contributed by atoms with Crippen molar-refractivity contribution in [2.24, 2.45) is 5.92 Å². The number of carbonyl (C=O) groups excluding carboxylic acids is 2. The molecule has 2 aliphatic carbocycles. The Morgan fingerprint density at radius 1 is 0.906 bits per heavy atom. The van der Waals surface area contributed by atoms with Crippen molar-refractivity contribution in [2.45, 2.75) is 69.5 Å². The van der Waals surface area contributed by atoms with Crippen molar-refractivity contribution in [3.63, 3.8) is 0 Å². The second kappa shape index (κ2) is 9.43. The Balaban J connectivity index is 1.36. The van der Waals surface area contributed by atoms with E-state index in [-0.39, 0.29) is 23.4 Å². The monoisotopic (exact) mass is 444 g/mol. The molecule has 1 aromatic heterocycles. The van der Waals surface area contributed by atoms with Gasteiger partial charge in [0.2, 0.25) is 0 Å². The summed E-state index contributed by atoms with van der Waals surface area (Å²) in [6.07, 6.45) is 3.99. The van der Waals surface area contributed by atoms with Gasteiger partial charge in [0.1, 0.15) is 5.69 Å². The molecule has 170 valence electrons. The third kappa shape index (κ3) is 5.03. The summed E-state index contributed by atoms with van der Waals surface area (Å²) in [5.74, 6) is -0.787. The van der Waals surface area contributed by atoms with E-state index in [9.17, 15) is 22.8 Å². The summed E-state index contributed by atoms with van der Waals surface area (Å²) in [4.78, 5) is 29.5. The summed E-state index contributed by atoms with van der Waals surface area (Å²) >= 11 is 0. The van der Waals surface area contributed by atoms with E-state index in [4.69, 9.17) is 0 Å². The molecule has 0 aliphatic heterocycles. The number of ketones is 1. The average Bonchev–Trinajstić information content (AvgIpc) is 3.31. The molecule has 1 N–H and O–H groups in total. The number of hydrogen-bond acceptors (Lipinski definition) is 3. The molecule has 1 amide bonds. The summed E-state index contributed by atoms with van der Waals surface area (Å²) in [6, 6.07) is 8.90. The van der Waals surface area contributed by atoms with Crippen LogP contribution in [0.2, 0.25) is 0 Å². The number of rotatable bonds is 5. The highest BCUT2D eigenvalue weighted by Crippen LogP contribution is 2.39. The zero-order valence-electron chi connectivity index (χ0n) is 17.8. The second-order valence-corrected chi connectivity index (χ2v) is 8.89. The maximum Gasteiger partial charge on any atom is 0.417 e. The molecule has 4 rings (SSSR count). The summed E-state index contributed by atoms with van der Waals surface area (Å²) in [5, 5.41) is 3.02. The first-order valence-electron chi connectivity index (χ1n) is 11.3. The number of pyridine rings is 1. The molecule has 0 atom stereocenters. The van der Waals surface area contributed by atoms with Crippen molar-refractivity contribution in [2.75, 3.05) is 0 Å². The molecule has 0 radical (unpaired) electrons. The van der Waals surface area contributed by atoms with E-state index in [0.717, 1.165) is 37.3 Å². The number of alkyl halides is 3. The fourth-order valence-corrected chi connectivity index (χ4v) is 4.96. The lowest BCUT2D eigenvalue weighted by Gasteiger charge is -2.28. The SMILES string of the molecule is O=C(NC1CCCC1)c1ccc(C2CCC(C(=O)c3ccccc3C(F)(F)F)CC2)cn1.